The Morgan fingerprint density at radius 2 is 2.38 bits per heavy atom. The lowest BCUT2D eigenvalue weighted by molar-refractivity contribution is -0.426. The zero-order chi connectivity index (χ0) is 10.0. The van der Waals surface area contributed by atoms with Crippen LogP contribution in [0.2, 0.25) is 0 Å². The molecule has 7 heteroatoms. The maximum absolute atomic E-state index is 10.7. The second kappa shape index (κ2) is 3.81. The molecule has 0 atom stereocenters. The SMILES string of the molecule is NC(=O)C1=NC([N+](=O)[O-])=C(CI)C1. The second-order valence-corrected chi connectivity index (χ2v) is 3.18. The first-order valence-corrected chi connectivity index (χ1v) is 4.88. The van der Waals surface area contributed by atoms with Crippen LogP contribution in [0.25, 0.3) is 0 Å². The normalized spacial score (nSPS) is 15.9. The number of alkyl halides is 1. The van der Waals surface area contributed by atoms with E-state index in [9.17, 15) is 14.9 Å². The predicted molar refractivity (Wildman–Crippen MR) is 54.2 cm³/mol. The first-order valence-electron chi connectivity index (χ1n) is 3.36. The third-order valence-corrected chi connectivity index (χ3v) is 2.48. The summed E-state index contributed by atoms with van der Waals surface area (Å²) in [5.74, 6) is -0.928. The third-order valence-electron chi connectivity index (χ3n) is 1.56. The molecule has 1 aliphatic rings. The van der Waals surface area contributed by atoms with E-state index >= 15 is 0 Å². The standard InChI is InChI=1S/C6H6IN3O3/c7-2-3-1-4(5(8)11)9-6(3)10(12)13/h1-2H2,(H2,8,11). The summed E-state index contributed by atoms with van der Waals surface area (Å²) >= 11 is 1.98. The molecule has 70 valence electrons. The van der Waals surface area contributed by atoms with Crippen LogP contribution in [-0.4, -0.2) is 21.0 Å². The molecule has 2 N–H and O–H groups in total. The lowest BCUT2D eigenvalue weighted by Crippen LogP contribution is -2.21. The maximum atomic E-state index is 10.7. The molecule has 0 aromatic heterocycles. The zero-order valence-electron chi connectivity index (χ0n) is 6.49. The molecule has 6 nitrogen and oxygen atoms in total. The van der Waals surface area contributed by atoms with Gasteiger partial charge < -0.3 is 15.8 Å². The summed E-state index contributed by atoms with van der Waals surface area (Å²) in [7, 11) is 0. The lowest BCUT2D eigenvalue weighted by Gasteiger charge is -1.92. The van der Waals surface area contributed by atoms with Gasteiger partial charge in [0.1, 0.15) is 0 Å². The number of amides is 1. The maximum Gasteiger partial charge on any atom is 0.364 e. The first-order chi connectivity index (χ1) is 6.06. The fourth-order valence-electron chi connectivity index (χ4n) is 0.947. The van der Waals surface area contributed by atoms with E-state index in [1.165, 1.54) is 0 Å². The van der Waals surface area contributed by atoms with Gasteiger partial charge in [-0.2, -0.15) is 0 Å². The molecule has 1 heterocycles. The molecule has 0 fully saturated rings. The highest BCUT2D eigenvalue weighted by molar-refractivity contribution is 14.1. The fraction of sp³-hybridized carbons (Fsp3) is 0.333. The number of hydrogen-bond donors (Lipinski definition) is 1. The van der Waals surface area contributed by atoms with Crippen molar-refractivity contribution in [3.05, 3.63) is 21.5 Å². The van der Waals surface area contributed by atoms with Crippen LogP contribution in [0.5, 0.6) is 0 Å². The van der Waals surface area contributed by atoms with Crippen LogP contribution in [0, 0.1) is 10.1 Å². The van der Waals surface area contributed by atoms with Gasteiger partial charge in [0.2, 0.25) is 5.71 Å². The molecule has 13 heavy (non-hydrogen) atoms. The first kappa shape index (κ1) is 10.1. The molecule has 0 radical (unpaired) electrons. The Balaban J connectivity index is 2.96. The Labute approximate surface area is 87.2 Å². The number of carbonyl (C=O) groups excluding carboxylic acids is 1. The number of nitro groups is 1. The van der Waals surface area contributed by atoms with Gasteiger partial charge in [-0.15, -0.1) is 0 Å². The molecular weight excluding hydrogens is 289 g/mol. The summed E-state index contributed by atoms with van der Waals surface area (Å²) in [4.78, 5) is 24.1. The summed E-state index contributed by atoms with van der Waals surface area (Å²) in [5.41, 5.74) is 5.56. The number of hydrogen-bond acceptors (Lipinski definition) is 4. The quantitative estimate of drug-likeness (QED) is 0.349. The van der Waals surface area contributed by atoms with Gasteiger partial charge in [0.25, 0.3) is 5.91 Å². The number of allylic oxidation sites excluding steroid dienone is 1. The number of carbonyl (C=O) groups is 1. The van der Waals surface area contributed by atoms with Crippen LogP contribution < -0.4 is 5.73 Å². The smallest absolute Gasteiger partial charge is 0.363 e. The molecule has 1 aliphatic heterocycles. The monoisotopic (exact) mass is 295 g/mol. The van der Waals surface area contributed by atoms with Crippen molar-refractivity contribution in [3.63, 3.8) is 0 Å². The van der Waals surface area contributed by atoms with Crippen LogP contribution >= 0.6 is 22.6 Å². The highest BCUT2D eigenvalue weighted by Crippen LogP contribution is 2.21. The largest absolute Gasteiger partial charge is 0.364 e. The summed E-state index contributed by atoms with van der Waals surface area (Å²) in [6, 6.07) is 0. The highest BCUT2D eigenvalue weighted by atomic mass is 127. The van der Waals surface area contributed by atoms with Crippen molar-refractivity contribution in [2.24, 2.45) is 10.7 Å². The van der Waals surface area contributed by atoms with Gasteiger partial charge in [-0.3, -0.25) is 4.79 Å². The minimum Gasteiger partial charge on any atom is -0.363 e. The van der Waals surface area contributed by atoms with E-state index in [0.717, 1.165) is 0 Å². The average Bonchev–Trinajstić information content (AvgIpc) is 2.47. The van der Waals surface area contributed by atoms with E-state index in [4.69, 9.17) is 5.73 Å². The van der Waals surface area contributed by atoms with Crippen molar-refractivity contribution in [2.45, 2.75) is 6.42 Å². The van der Waals surface area contributed by atoms with Crippen molar-refractivity contribution in [3.8, 4) is 0 Å². The van der Waals surface area contributed by atoms with E-state index in [2.05, 4.69) is 4.99 Å². The van der Waals surface area contributed by atoms with E-state index in [1.54, 1.807) is 0 Å². The van der Waals surface area contributed by atoms with E-state index in [-0.39, 0.29) is 18.0 Å². The molecule has 0 saturated heterocycles. The Kier molecular flexibility index (Phi) is 2.96. The number of aliphatic imine (C=N–C) groups is 1. The summed E-state index contributed by atoms with van der Waals surface area (Å²) < 4.78 is 0.481. The third kappa shape index (κ3) is 2.02. The number of primary amides is 1. The van der Waals surface area contributed by atoms with Crippen LogP contribution in [0.15, 0.2) is 16.4 Å². The Bertz CT molecular complexity index is 334. The molecule has 0 unspecified atom stereocenters. The van der Waals surface area contributed by atoms with E-state index in [0.29, 0.717) is 10.0 Å². The summed E-state index contributed by atoms with van der Waals surface area (Å²) in [5, 5.41) is 10.4. The van der Waals surface area contributed by atoms with Crippen molar-refractivity contribution in [1.82, 2.24) is 0 Å². The van der Waals surface area contributed by atoms with Crippen LogP contribution in [0.3, 0.4) is 0 Å². The van der Waals surface area contributed by atoms with Crippen molar-refractivity contribution < 1.29 is 9.72 Å². The second-order valence-electron chi connectivity index (χ2n) is 2.42. The molecular formula is C6H6IN3O3. The topological polar surface area (TPSA) is 98.6 Å². The van der Waals surface area contributed by atoms with Gasteiger partial charge >= 0.3 is 5.82 Å². The molecule has 1 rings (SSSR count). The number of nitrogens with zero attached hydrogens (tertiary/aromatic N) is 2. The average molecular weight is 295 g/mol. The molecule has 0 aromatic rings. The van der Waals surface area contributed by atoms with E-state index in [1.807, 2.05) is 22.6 Å². The zero-order valence-corrected chi connectivity index (χ0v) is 8.65. The molecule has 0 bridgehead atoms. The summed E-state index contributed by atoms with van der Waals surface area (Å²) in [6.07, 6.45) is 0.203. The molecule has 0 saturated carbocycles. The van der Waals surface area contributed by atoms with Gasteiger partial charge in [-0.25, -0.2) is 0 Å². The minimum atomic E-state index is -0.695. The Hall–Kier alpha value is -0.990. The van der Waals surface area contributed by atoms with Gasteiger partial charge in [-0.1, -0.05) is 22.6 Å². The molecule has 0 spiro atoms. The Morgan fingerprint density at radius 3 is 2.69 bits per heavy atom. The van der Waals surface area contributed by atoms with Gasteiger partial charge in [0, 0.05) is 10.0 Å². The fourth-order valence-corrected chi connectivity index (χ4v) is 1.56. The summed E-state index contributed by atoms with van der Waals surface area (Å²) in [6.45, 7) is 0. The predicted octanol–water partition coefficient (Wildman–Crippen LogP) is 0.240. The lowest BCUT2D eigenvalue weighted by atomic mass is 10.2. The van der Waals surface area contributed by atoms with E-state index < -0.39 is 10.8 Å². The number of nitrogens with two attached hydrogens (primary N) is 1. The number of halogens is 1. The van der Waals surface area contributed by atoms with Gasteiger partial charge in [0.05, 0.1) is 6.42 Å². The van der Waals surface area contributed by atoms with Crippen LogP contribution in [-0.2, 0) is 4.79 Å². The molecule has 0 aromatic carbocycles. The minimum absolute atomic E-state index is 0.0679. The number of rotatable bonds is 3. The van der Waals surface area contributed by atoms with Crippen molar-refractivity contribution in [1.29, 1.82) is 0 Å². The van der Waals surface area contributed by atoms with Crippen molar-refractivity contribution in [2.75, 3.05) is 4.43 Å². The van der Waals surface area contributed by atoms with Crippen molar-refractivity contribution >= 4 is 34.2 Å². The van der Waals surface area contributed by atoms with Crippen LogP contribution in [0.1, 0.15) is 6.42 Å². The molecule has 0 aliphatic carbocycles. The Morgan fingerprint density at radius 1 is 1.77 bits per heavy atom. The highest BCUT2D eigenvalue weighted by Gasteiger charge is 2.30. The molecule has 1 amide bonds. The van der Waals surface area contributed by atoms with Gasteiger partial charge in [-0.05, 0) is 9.92 Å². The van der Waals surface area contributed by atoms with Gasteiger partial charge in [0.15, 0.2) is 0 Å². The van der Waals surface area contributed by atoms with Crippen LogP contribution in [0.4, 0.5) is 0 Å².